The SMILES string of the molecule is c1ccc(-c2ccc(-n3c4cccc5c6ccccc6n6c7ccccc7c7ccc3c(c54)c76)cc2)cc1.c1ccc(-c2ccccc2-c2cccc(-n3c4ccccc4c4cc5c6c7ccccc7ccc6n(-c6ccccc6)c5cc43)c2)cc1. The Morgan fingerprint density at radius 2 is 0.651 bits per heavy atom. The first-order valence-electron chi connectivity index (χ1n) is 29.7. The van der Waals surface area contributed by atoms with E-state index in [0.717, 1.165) is 11.4 Å². The van der Waals surface area contributed by atoms with E-state index in [0.29, 0.717) is 0 Å². The minimum absolute atomic E-state index is 1.15. The molecule has 5 heterocycles. The molecule has 0 fully saturated rings. The molecule has 0 aliphatic rings. The normalized spacial score (nSPS) is 12.0. The molecule has 0 aliphatic heterocycles. The minimum Gasteiger partial charge on any atom is -0.309 e. The van der Waals surface area contributed by atoms with Gasteiger partial charge >= 0.3 is 0 Å². The predicted molar refractivity (Wildman–Crippen MR) is 364 cm³/mol. The lowest BCUT2D eigenvalue weighted by molar-refractivity contribution is 1.17. The second-order valence-electron chi connectivity index (χ2n) is 22.7. The van der Waals surface area contributed by atoms with Gasteiger partial charge in [-0.05, 0) is 134 Å². The van der Waals surface area contributed by atoms with E-state index in [1.807, 2.05) is 0 Å². The van der Waals surface area contributed by atoms with Crippen molar-refractivity contribution in [2.75, 3.05) is 0 Å². The molecule has 0 saturated heterocycles. The summed E-state index contributed by atoms with van der Waals surface area (Å²) in [5, 5.41) is 15.4. The summed E-state index contributed by atoms with van der Waals surface area (Å²) in [6, 6.07) is 115. The van der Waals surface area contributed by atoms with E-state index in [1.165, 1.54) is 153 Å². The van der Waals surface area contributed by atoms with Gasteiger partial charge < -0.3 is 18.1 Å². The largest absolute Gasteiger partial charge is 0.309 e. The summed E-state index contributed by atoms with van der Waals surface area (Å²) in [6.45, 7) is 0. The van der Waals surface area contributed by atoms with E-state index >= 15 is 0 Å². The van der Waals surface area contributed by atoms with Gasteiger partial charge in [-0.15, -0.1) is 0 Å². The van der Waals surface area contributed by atoms with Gasteiger partial charge in [0.25, 0.3) is 0 Å². The highest BCUT2D eigenvalue weighted by Crippen LogP contribution is 2.47. The number of para-hydroxylation sites is 4. The van der Waals surface area contributed by atoms with Crippen molar-refractivity contribution in [3.63, 3.8) is 0 Å². The van der Waals surface area contributed by atoms with Crippen molar-refractivity contribution in [3.8, 4) is 50.4 Å². The Balaban J connectivity index is 0.000000133. The maximum Gasteiger partial charge on any atom is 0.0641 e. The number of fused-ring (bicyclic) bond motifs is 14. The molecule has 0 amide bonds. The van der Waals surface area contributed by atoms with Crippen molar-refractivity contribution in [1.82, 2.24) is 18.1 Å². The molecule has 0 unspecified atom stereocenters. The predicted octanol–water partition coefficient (Wildman–Crippen LogP) is 22.0. The van der Waals surface area contributed by atoms with Crippen molar-refractivity contribution >= 4 is 114 Å². The minimum atomic E-state index is 1.15. The summed E-state index contributed by atoms with van der Waals surface area (Å²) in [6.07, 6.45) is 0. The zero-order chi connectivity index (χ0) is 56.4. The van der Waals surface area contributed by atoms with Gasteiger partial charge in [0.2, 0.25) is 0 Å². The molecule has 0 radical (unpaired) electrons. The average molecular weight is 1090 g/mol. The molecule has 0 bridgehead atoms. The van der Waals surface area contributed by atoms with Crippen LogP contribution in [0.25, 0.3) is 165 Å². The topological polar surface area (TPSA) is 19.2 Å². The number of rotatable bonds is 6. The van der Waals surface area contributed by atoms with E-state index < -0.39 is 0 Å². The summed E-state index contributed by atoms with van der Waals surface area (Å²) in [7, 11) is 0. The fraction of sp³-hybridized carbons (Fsp3) is 0. The fourth-order valence-corrected chi connectivity index (χ4v) is 14.5. The van der Waals surface area contributed by atoms with Crippen LogP contribution in [-0.4, -0.2) is 18.1 Å². The van der Waals surface area contributed by atoms with Crippen LogP contribution < -0.4 is 0 Å². The van der Waals surface area contributed by atoms with Crippen LogP contribution in [0.15, 0.2) is 315 Å². The summed E-state index contributed by atoms with van der Waals surface area (Å²) in [4.78, 5) is 0. The Bertz CT molecular complexity index is 5860. The van der Waals surface area contributed by atoms with Crippen molar-refractivity contribution in [1.29, 1.82) is 0 Å². The van der Waals surface area contributed by atoms with Crippen LogP contribution in [-0.2, 0) is 0 Å². The highest BCUT2D eigenvalue weighted by atomic mass is 15.0. The number of nitrogens with zero attached hydrogens (tertiary/aromatic N) is 4. The second-order valence-corrected chi connectivity index (χ2v) is 22.7. The molecule has 0 saturated carbocycles. The van der Waals surface area contributed by atoms with Gasteiger partial charge in [-0.25, -0.2) is 0 Å². The smallest absolute Gasteiger partial charge is 0.0641 e. The van der Waals surface area contributed by atoms with Gasteiger partial charge in [0.05, 0.1) is 49.7 Å². The van der Waals surface area contributed by atoms with E-state index in [-0.39, 0.29) is 0 Å². The Kier molecular flexibility index (Phi) is 10.7. The molecule has 19 aromatic rings. The molecule has 0 N–H and O–H groups in total. The second kappa shape index (κ2) is 19.0. The zero-order valence-corrected chi connectivity index (χ0v) is 46.8. The highest BCUT2D eigenvalue weighted by molar-refractivity contribution is 6.33. The number of benzene rings is 14. The van der Waals surface area contributed by atoms with Gasteiger partial charge in [-0.2, -0.15) is 0 Å². The Morgan fingerprint density at radius 3 is 1.40 bits per heavy atom. The molecule has 0 atom stereocenters. The van der Waals surface area contributed by atoms with Crippen LogP contribution in [0.4, 0.5) is 0 Å². The van der Waals surface area contributed by atoms with E-state index in [9.17, 15) is 0 Å². The molecule has 19 rings (SSSR count). The molecule has 86 heavy (non-hydrogen) atoms. The van der Waals surface area contributed by atoms with Crippen molar-refractivity contribution in [2.24, 2.45) is 0 Å². The molecule has 400 valence electrons. The monoisotopic (exact) mass is 1090 g/mol. The van der Waals surface area contributed by atoms with E-state index in [1.54, 1.807) is 0 Å². The first-order valence-corrected chi connectivity index (χ1v) is 29.7. The molecule has 0 aliphatic carbocycles. The lowest BCUT2D eigenvalue weighted by Gasteiger charge is -2.14. The summed E-state index contributed by atoms with van der Waals surface area (Å²) in [5.41, 5.74) is 21.9. The maximum absolute atomic E-state index is 2.49. The van der Waals surface area contributed by atoms with E-state index in [2.05, 4.69) is 334 Å². The van der Waals surface area contributed by atoms with Crippen molar-refractivity contribution in [3.05, 3.63) is 315 Å². The summed E-state index contributed by atoms with van der Waals surface area (Å²) in [5.74, 6) is 0. The fourth-order valence-electron chi connectivity index (χ4n) is 14.5. The zero-order valence-electron chi connectivity index (χ0n) is 46.8. The van der Waals surface area contributed by atoms with Gasteiger partial charge in [-0.1, -0.05) is 231 Å². The first kappa shape index (κ1) is 48.1. The van der Waals surface area contributed by atoms with Gasteiger partial charge in [-0.3, -0.25) is 0 Å². The number of aromatic nitrogens is 4. The molecule has 14 aromatic carbocycles. The van der Waals surface area contributed by atoms with Crippen LogP contribution >= 0.6 is 0 Å². The van der Waals surface area contributed by atoms with Gasteiger partial charge in [0.15, 0.2) is 0 Å². The maximum atomic E-state index is 2.49. The average Bonchev–Trinajstić information content (AvgIpc) is 1.91. The Morgan fingerprint density at radius 1 is 0.186 bits per heavy atom. The third kappa shape index (κ3) is 7.17. The van der Waals surface area contributed by atoms with Crippen LogP contribution in [0.5, 0.6) is 0 Å². The number of hydrogen-bond acceptors (Lipinski definition) is 0. The standard InChI is InChI=1S/C46H30N2.C36H22N2/c1-3-14-31(15-4-1)36-21-9-10-22-37(36)33-17-13-20-35(28-33)48-42-25-12-11-24-39(42)40-29-41-45(30-44(40)48)47(34-18-5-2-6-19-34)43-27-26-32-16-7-8-23-38(32)46(41)43;1-2-9-23(10-3-1)24-17-19-25(20-18-24)37-32-16-8-13-28-26-11-4-6-14-30(26)38-31-15-7-5-12-27(31)29-21-22-33(37)35(34(28)32)36(29)38/h1-30H;1-22H. The first-order chi connectivity index (χ1) is 42.7. The third-order valence-corrected chi connectivity index (χ3v) is 18.1. The van der Waals surface area contributed by atoms with Crippen LogP contribution in [0.1, 0.15) is 0 Å². The highest BCUT2D eigenvalue weighted by Gasteiger charge is 2.24. The lowest BCUT2D eigenvalue weighted by Crippen LogP contribution is -1.96. The third-order valence-electron chi connectivity index (χ3n) is 18.1. The number of hydrogen-bond donors (Lipinski definition) is 0. The quantitative estimate of drug-likeness (QED) is 0.158. The van der Waals surface area contributed by atoms with Crippen LogP contribution in [0.3, 0.4) is 0 Å². The Labute approximate surface area is 495 Å². The summed E-state index contributed by atoms with van der Waals surface area (Å²) >= 11 is 0. The lowest BCUT2D eigenvalue weighted by atomic mass is 9.94. The molecule has 4 heteroatoms. The van der Waals surface area contributed by atoms with Crippen molar-refractivity contribution in [2.45, 2.75) is 0 Å². The molecular weight excluding hydrogens is 1040 g/mol. The van der Waals surface area contributed by atoms with Gasteiger partial charge in [0, 0.05) is 65.5 Å². The molecular formula is C82H52N4. The van der Waals surface area contributed by atoms with Crippen LogP contribution in [0.2, 0.25) is 0 Å². The molecule has 0 spiro atoms. The van der Waals surface area contributed by atoms with E-state index in [4.69, 9.17) is 0 Å². The summed E-state index contributed by atoms with van der Waals surface area (Å²) < 4.78 is 9.82. The van der Waals surface area contributed by atoms with Gasteiger partial charge in [0.1, 0.15) is 0 Å². The van der Waals surface area contributed by atoms with Crippen molar-refractivity contribution < 1.29 is 0 Å². The Hall–Kier alpha value is -11.5. The molecule has 4 nitrogen and oxygen atoms in total. The molecule has 5 aromatic heterocycles. The van der Waals surface area contributed by atoms with Crippen LogP contribution in [0, 0.1) is 0 Å².